The summed E-state index contributed by atoms with van der Waals surface area (Å²) in [6.45, 7) is 3.65. The van der Waals surface area contributed by atoms with Crippen LogP contribution in [0.4, 0.5) is 10.8 Å². The molecule has 2 fully saturated rings. The maximum Gasteiger partial charge on any atom is 0.208 e. The number of piperazine rings is 1. The molecule has 1 aromatic carbocycles. The Balaban J connectivity index is 1.43. The number of hydrogen-bond donors (Lipinski definition) is 1. The number of phenolic OH excluding ortho intramolecular Hbond substituents is 1. The van der Waals surface area contributed by atoms with E-state index in [0.29, 0.717) is 11.7 Å². The van der Waals surface area contributed by atoms with Crippen LogP contribution >= 0.6 is 11.3 Å². The van der Waals surface area contributed by atoms with Crippen LogP contribution in [0.1, 0.15) is 23.8 Å². The summed E-state index contributed by atoms with van der Waals surface area (Å²) in [6, 6.07) is 7.54. The van der Waals surface area contributed by atoms with E-state index in [4.69, 9.17) is 0 Å². The van der Waals surface area contributed by atoms with Crippen molar-refractivity contribution in [2.45, 2.75) is 18.8 Å². The van der Waals surface area contributed by atoms with Gasteiger partial charge in [0.05, 0.1) is 5.69 Å². The third kappa shape index (κ3) is 2.55. The van der Waals surface area contributed by atoms with Crippen molar-refractivity contribution in [1.29, 1.82) is 0 Å². The topological polar surface area (TPSA) is 52.5 Å². The van der Waals surface area contributed by atoms with Crippen molar-refractivity contribution in [3.8, 4) is 5.75 Å². The van der Waals surface area contributed by atoms with Crippen LogP contribution in [0.2, 0.25) is 0 Å². The molecule has 6 heteroatoms. The van der Waals surface area contributed by atoms with Crippen molar-refractivity contribution in [3.63, 3.8) is 0 Å². The number of aromatic hydroxyl groups is 1. The Morgan fingerprint density at radius 3 is 2.43 bits per heavy atom. The molecule has 0 atom stereocenters. The van der Waals surface area contributed by atoms with Gasteiger partial charge in [-0.25, -0.2) is 0 Å². The van der Waals surface area contributed by atoms with Crippen LogP contribution in [0, 0.1) is 0 Å². The first-order valence-electron chi connectivity index (χ1n) is 7.42. The molecule has 5 nitrogen and oxygen atoms in total. The second-order valence-corrected chi connectivity index (χ2v) is 6.65. The molecule has 0 radical (unpaired) electrons. The van der Waals surface area contributed by atoms with E-state index in [1.54, 1.807) is 17.4 Å². The maximum atomic E-state index is 9.94. The Labute approximate surface area is 127 Å². The molecule has 21 heavy (non-hydrogen) atoms. The van der Waals surface area contributed by atoms with Crippen molar-refractivity contribution in [3.05, 3.63) is 29.3 Å². The summed E-state index contributed by atoms with van der Waals surface area (Å²) < 4.78 is 0. The van der Waals surface area contributed by atoms with Crippen molar-refractivity contribution in [1.82, 2.24) is 10.2 Å². The second-order valence-electron chi connectivity index (χ2n) is 5.66. The second kappa shape index (κ2) is 5.18. The molecule has 2 aliphatic rings. The molecule has 1 aliphatic carbocycles. The average Bonchev–Trinajstić information content (AvgIpc) is 3.26. The first kappa shape index (κ1) is 12.9. The first-order valence-corrected chi connectivity index (χ1v) is 8.24. The van der Waals surface area contributed by atoms with E-state index in [9.17, 15) is 5.11 Å². The Morgan fingerprint density at radius 1 is 1.00 bits per heavy atom. The minimum Gasteiger partial charge on any atom is -0.506 e. The number of rotatable bonds is 3. The maximum absolute atomic E-state index is 9.94. The number of aromatic nitrogens is 2. The van der Waals surface area contributed by atoms with E-state index in [0.717, 1.165) is 37.0 Å². The van der Waals surface area contributed by atoms with E-state index in [-0.39, 0.29) is 0 Å². The van der Waals surface area contributed by atoms with Crippen molar-refractivity contribution in [2.75, 3.05) is 36.0 Å². The molecule has 1 N–H and O–H groups in total. The molecule has 0 bridgehead atoms. The van der Waals surface area contributed by atoms with Gasteiger partial charge in [0.15, 0.2) is 0 Å². The van der Waals surface area contributed by atoms with Crippen molar-refractivity contribution in [2.24, 2.45) is 0 Å². The third-order valence-corrected chi connectivity index (χ3v) is 5.28. The molecular formula is C15H18N4OS. The molecule has 2 heterocycles. The molecule has 0 amide bonds. The lowest BCUT2D eigenvalue weighted by atomic mass is 10.2. The Morgan fingerprint density at radius 2 is 1.71 bits per heavy atom. The first-order chi connectivity index (χ1) is 10.3. The standard InChI is InChI=1S/C15H18N4OS/c20-13-4-2-1-3-12(13)18-7-9-19(10-8-18)15-17-16-14(21-15)11-5-6-11/h1-4,11,20H,5-10H2. The van der Waals surface area contributed by atoms with Gasteiger partial charge >= 0.3 is 0 Å². The quantitative estimate of drug-likeness (QED) is 0.944. The monoisotopic (exact) mass is 302 g/mol. The van der Waals surface area contributed by atoms with E-state index in [2.05, 4.69) is 20.0 Å². The molecule has 110 valence electrons. The third-order valence-electron chi connectivity index (χ3n) is 4.13. The molecule has 0 unspecified atom stereocenters. The molecular weight excluding hydrogens is 284 g/mol. The van der Waals surface area contributed by atoms with Crippen molar-refractivity contribution < 1.29 is 5.11 Å². The molecule has 0 spiro atoms. The summed E-state index contributed by atoms with van der Waals surface area (Å²) in [6.07, 6.45) is 2.55. The molecule has 1 aliphatic heterocycles. The molecule has 1 aromatic heterocycles. The normalized spacial score (nSPS) is 19.0. The number of para-hydroxylation sites is 2. The van der Waals surface area contributed by atoms with Gasteiger partial charge in [0, 0.05) is 32.1 Å². The van der Waals surface area contributed by atoms with Gasteiger partial charge in [0.25, 0.3) is 0 Å². The van der Waals surface area contributed by atoms with Crippen LogP contribution in [0.15, 0.2) is 24.3 Å². The minimum atomic E-state index is 0.359. The number of anilines is 2. The van der Waals surface area contributed by atoms with Gasteiger partial charge < -0.3 is 14.9 Å². The fraction of sp³-hybridized carbons (Fsp3) is 0.467. The summed E-state index contributed by atoms with van der Waals surface area (Å²) in [5, 5.41) is 20.9. The van der Waals surface area contributed by atoms with Crippen molar-refractivity contribution >= 4 is 22.2 Å². The van der Waals surface area contributed by atoms with Gasteiger partial charge in [-0.15, -0.1) is 10.2 Å². The van der Waals surface area contributed by atoms with Crippen LogP contribution in [0.3, 0.4) is 0 Å². The lowest BCUT2D eigenvalue weighted by molar-refractivity contribution is 0.472. The zero-order valence-corrected chi connectivity index (χ0v) is 12.6. The highest BCUT2D eigenvalue weighted by molar-refractivity contribution is 7.15. The number of nitrogens with zero attached hydrogens (tertiary/aromatic N) is 4. The smallest absolute Gasteiger partial charge is 0.208 e. The van der Waals surface area contributed by atoms with Crippen LogP contribution < -0.4 is 9.80 Å². The SMILES string of the molecule is Oc1ccccc1N1CCN(c2nnc(C3CC3)s2)CC1. The lowest BCUT2D eigenvalue weighted by Crippen LogP contribution is -2.46. The van der Waals surface area contributed by atoms with Crippen LogP contribution in [0.25, 0.3) is 0 Å². The van der Waals surface area contributed by atoms with Gasteiger partial charge in [-0.2, -0.15) is 0 Å². The largest absolute Gasteiger partial charge is 0.506 e. The zero-order chi connectivity index (χ0) is 14.2. The summed E-state index contributed by atoms with van der Waals surface area (Å²) in [7, 11) is 0. The van der Waals surface area contributed by atoms with Gasteiger partial charge in [0.2, 0.25) is 5.13 Å². The summed E-state index contributed by atoms with van der Waals surface area (Å²) in [4.78, 5) is 4.54. The van der Waals surface area contributed by atoms with Crippen LogP contribution in [-0.4, -0.2) is 41.5 Å². The molecule has 1 saturated carbocycles. The fourth-order valence-corrected chi connectivity index (χ4v) is 3.78. The minimum absolute atomic E-state index is 0.359. The molecule has 2 aromatic rings. The highest BCUT2D eigenvalue weighted by atomic mass is 32.1. The van der Waals surface area contributed by atoms with E-state index in [1.165, 1.54) is 17.8 Å². The highest BCUT2D eigenvalue weighted by Crippen LogP contribution is 2.42. The molecule has 1 saturated heterocycles. The molecule has 4 rings (SSSR count). The lowest BCUT2D eigenvalue weighted by Gasteiger charge is -2.35. The summed E-state index contributed by atoms with van der Waals surface area (Å²) >= 11 is 1.75. The summed E-state index contributed by atoms with van der Waals surface area (Å²) in [5.74, 6) is 1.04. The predicted molar refractivity (Wildman–Crippen MR) is 84.4 cm³/mol. The zero-order valence-electron chi connectivity index (χ0n) is 11.8. The van der Waals surface area contributed by atoms with Crippen LogP contribution in [0.5, 0.6) is 5.75 Å². The Bertz CT molecular complexity index is 632. The number of hydrogen-bond acceptors (Lipinski definition) is 6. The number of phenols is 1. The van der Waals surface area contributed by atoms with E-state index < -0.39 is 0 Å². The van der Waals surface area contributed by atoms with Gasteiger partial charge in [-0.1, -0.05) is 23.5 Å². The fourth-order valence-electron chi connectivity index (χ4n) is 2.72. The Hall–Kier alpha value is -1.82. The average molecular weight is 302 g/mol. The Kier molecular flexibility index (Phi) is 3.18. The van der Waals surface area contributed by atoms with Gasteiger partial charge in [-0.05, 0) is 25.0 Å². The van der Waals surface area contributed by atoms with Gasteiger partial charge in [-0.3, -0.25) is 0 Å². The number of benzene rings is 1. The highest BCUT2D eigenvalue weighted by Gasteiger charge is 2.29. The summed E-state index contributed by atoms with van der Waals surface area (Å²) in [5.41, 5.74) is 0.924. The van der Waals surface area contributed by atoms with Crippen LogP contribution in [-0.2, 0) is 0 Å². The van der Waals surface area contributed by atoms with E-state index in [1.807, 2.05) is 18.2 Å². The predicted octanol–water partition coefficient (Wildman–Crippen LogP) is 2.45. The van der Waals surface area contributed by atoms with E-state index >= 15 is 0 Å². The van der Waals surface area contributed by atoms with Gasteiger partial charge in [0.1, 0.15) is 10.8 Å².